The lowest BCUT2D eigenvalue weighted by molar-refractivity contribution is -0.508. The van der Waals surface area contributed by atoms with Crippen LogP contribution in [-0.2, 0) is 0 Å². The van der Waals surface area contributed by atoms with Crippen LogP contribution in [0.25, 0.3) is 16.6 Å². The molecule has 1 aromatic heterocycles. The van der Waals surface area contributed by atoms with Gasteiger partial charge in [-0.05, 0) is 62.7 Å². The molecule has 1 N–H and O–H groups in total. The van der Waals surface area contributed by atoms with Crippen LogP contribution in [0, 0.1) is 11.3 Å². The lowest BCUT2D eigenvalue weighted by atomic mass is 9.95. The molecule has 2 fully saturated rings. The summed E-state index contributed by atoms with van der Waals surface area (Å²) in [4.78, 5) is 14.6. The van der Waals surface area contributed by atoms with E-state index in [1.165, 1.54) is 0 Å². The predicted octanol–water partition coefficient (Wildman–Crippen LogP) is 2.45. The average molecular weight is 474 g/mol. The van der Waals surface area contributed by atoms with Crippen molar-refractivity contribution in [1.82, 2.24) is 25.4 Å². The smallest absolute Gasteiger partial charge is 0.395 e. The highest BCUT2D eigenvalue weighted by Crippen LogP contribution is 2.58. The zero-order chi connectivity index (χ0) is 24.1. The maximum Gasteiger partial charge on any atom is 0.395 e. The van der Waals surface area contributed by atoms with Crippen LogP contribution < -0.4 is 10.6 Å². The highest BCUT2D eigenvalue weighted by Gasteiger charge is 2.63. The molecule has 1 aliphatic carbocycles. The predicted molar refractivity (Wildman–Crippen MR) is 120 cm³/mol. The topological polar surface area (TPSA) is 82.7 Å². The normalized spacial score (nSPS) is 21.6. The van der Waals surface area contributed by atoms with Crippen molar-refractivity contribution in [3.8, 4) is 0 Å². The Morgan fingerprint density at radius 2 is 2.06 bits per heavy atom. The molecular formula is C23H26F3N7O. The van der Waals surface area contributed by atoms with Crippen molar-refractivity contribution >= 4 is 35.2 Å². The van der Waals surface area contributed by atoms with Crippen molar-refractivity contribution in [2.24, 2.45) is 16.3 Å². The maximum absolute atomic E-state index is 13.2. The zero-order valence-electron chi connectivity index (χ0n) is 18.8. The Hall–Kier alpha value is -3.21. The molecule has 3 heterocycles. The van der Waals surface area contributed by atoms with Crippen molar-refractivity contribution in [2.45, 2.75) is 31.9 Å². The number of hydrazone groups is 1. The number of nitrogens with one attached hydrogen (secondary N) is 1. The monoisotopic (exact) mass is 473 g/mol. The minimum absolute atomic E-state index is 0.0249. The van der Waals surface area contributed by atoms with Crippen LogP contribution in [0.1, 0.15) is 31.2 Å². The van der Waals surface area contributed by atoms with E-state index in [1.807, 2.05) is 36.3 Å². The van der Waals surface area contributed by atoms with Crippen LogP contribution in [0.3, 0.4) is 0 Å². The standard InChI is InChI=1S/C23H26F3N7O/c1-31-13-19(32(2)30-31)16-3-4-17-12-27-21(28-18(17)11-16)29-20(34)15-5-9-33(10-6-15)14-22(7-8-22)23(24,25)26/h3-4,11-13,15,30H,2,5-10,14H2,1H3. The van der Waals surface area contributed by atoms with Gasteiger partial charge < -0.3 is 10.0 Å². The van der Waals surface area contributed by atoms with E-state index in [1.54, 1.807) is 15.9 Å². The molecule has 2 aliphatic heterocycles. The summed E-state index contributed by atoms with van der Waals surface area (Å²) < 4.78 is 41.3. The Balaban J connectivity index is 1.27. The Morgan fingerprint density at radius 1 is 1.32 bits per heavy atom. The van der Waals surface area contributed by atoms with Gasteiger partial charge in [-0.2, -0.15) is 13.2 Å². The van der Waals surface area contributed by atoms with E-state index in [4.69, 9.17) is 0 Å². The summed E-state index contributed by atoms with van der Waals surface area (Å²) >= 11 is 0. The molecule has 34 heavy (non-hydrogen) atoms. The number of aliphatic imine (C=N–C) groups is 1. The first-order chi connectivity index (χ1) is 16.1. The van der Waals surface area contributed by atoms with Gasteiger partial charge in [-0.15, -0.1) is 0 Å². The van der Waals surface area contributed by atoms with Gasteiger partial charge in [0.15, 0.2) is 6.72 Å². The number of aromatic nitrogens is 2. The third kappa shape index (κ3) is 4.31. The molecule has 0 atom stereocenters. The Bertz CT molecular complexity index is 1180. The van der Waals surface area contributed by atoms with Crippen LogP contribution in [0.5, 0.6) is 0 Å². The number of hydrazine groups is 2. The van der Waals surface area contributed by atoms with Gasteiger partial charge in [-0.1, -0.05) is 16.3 Å². The second-order valence-electron chi connectivity index (χ2n) is 9.38. The second-order valence-corrected chi connectivity index (χ2v) is 9.38. The van der Waals surface area contributed by atoms with Crippen LogP contribution in [0.2, 0.25) is 0 Å². The number of nitrogens with zero attached hydrogens (tertiary/aromatic N) is 6. The van der Waals surface area contributed by atoms with E-state index < -0.39 is 11.6 Å². The number of likely N-dealkylation sites (tertiary alicyclic amines) is 1. The average Bonchev–Trinajstić information content (AvgIpc) is 3.50. The lowest BCUT2D eigenvalue weighted by Gasteiger charge is -2.36. The van der Waals surface area contributed by atoms with Crippen molar-refractivity contribution in [2.75, 3.05) is 26.7 Å². The van der Waals surface area contributed by atoms with Gasteiger partial charge in [-0.25, -0.2) is 20.0 Å². The number of rotatable bonds is 5. The van der Waals surface area contributed by atoms with Gasteiger partial charge in [-0.3, -0.25) is 0 Å². The summed E-state index contributed by atoms with van der Waals surface area (Å²) in [5, 5.41) is 15.3. The van der Waals surface area contributed by atoms with E-state index in [0.29, 0.717) is 31.4 Å². The van der Waals surface area contributed by atoms with Crippen molar-refractivity contribution < 1.29 is 23.0 Å². The van der Waals surface area contributed by atoms with Crippen LogP contribution in [0.4, 0.5) is 19.1 Å². The molecule has 8 nitrogen and oxygen atoms in total. The first-order valence-electron chi connectivity index (χ1n) is 11.3. The molecule has 1 saturated carbocycles. The van der Waals surface area contributed by atoms with E-state index in [2.05, 4.69) is 27.2 Å². The molecule has 1 saturated heterocycles. The Kier molecular flexibility index (Phi) is 5.46. The molecule has 0 spiro atoms. The van der Waals surface area contributed by atoms with E-state index in [9.17, 15) is 18.3 Å². The fraction of sp³-hybridized carbons (Fsp3) is 0.478. The van der Waals surface area contributed by atoms with E-state index >= 15 is 0 Å². The summed E-state index contributed by atoms with van der Waals surface area (Å²) in [6.07, 6.45) is 0.740. The molecule has 3 aliphatic rings. The minimum Gasteiger partial charge on any atom is -0.861 e. The number of benzene rings is 1. The van der Waals surface area contributed by atoms with Gasteiger partial charge in [0.05, 0.1) is 16.5 Å². The molecule has 0 bridgehead atoms. The highest BCUT2D eigenvalue weighted by molar-refractivity contribution is 5.83. The molecule has 11 heteroatoms. The molecule has 0 unspecified atom stereocenters. The minimum atomic E-state index is -4.16. The summed E-state index contributed by atoms with van der Waals surface area (Å²) in [6.45, 7) is 4.88. The second kappa shape index (κ2) is 8.23. The first kappa shape index (κ1) is 22.6. The first-order valence-corrected chi connectivity index (χ1v) is 11.3. The van der Waals surface area contributed by atoms with Gasteiger partial charge in [0.1, 0.15) is 6.20 Å². The van der Waals surface area contributed by atoms with E-state index in [-0.39, 0.29) is 37.2 Å². The third-order valence-corrected chi connectivity index (χ3v) is 6.88. The quantitative estimate of drug-likeness (QED) is 0.408. The molecule has 2 aromatic rings. The van der Waals surface area contributed by atoms with Gasteiger partial charge in [0, 0.05) is 25.2 Å². The van der Waals surface area contributed by atoms with E-state index in [0.717, 1.165) is 16.6 Å². The number of hydrogen-bond acceptors (Lipinski definition) is 7. The fourth-order valence-corrected chi connectivity index (χ4v) is 4.62. The van der Waals surface area contributed by atoms with Gasteiger partial charge in [0.2, 0.25) is 5.95 Å². The van der Waals surface area contributed by atoms with Crippen LogP contribution in [-0.4, -0.2) is 70.0 Å². The molecule has 0 radical (unpaired) electrons. The largest absolute Gasteiger partial charge is 0.861 e. The van der Waals surface area contributed by atoms with Gasteiger partial charge >= 0.3 is 6.18 Å². The molecule has 5 rings (SSSR count). The number of halogens is 3. The molecule has 0 amide bonds. The molecule has 1 aromatic carbocycles. The number of fused-ring (bicyclic) bond motifs is 1. The molecular weight excluding hydrogens is 447 g/mol. The van der Waals surface area contributed by atoms with Gasteiger partial charge in [0.25, 0.3) is 5.70 Å². The molecule has 180 valence electrons. The summed E-state index contributed by atoms with van der Waals surface area (Å²) in [5.74, 6) is -0.554. The van der Waals surface area contributed by atoms with Crippen LogP contribution >= 0.6 is 0 Å². The number of piperidine rings is 1. The van der Waals surface area contributed by atoms with Crippen molar-refractivity contribution in [3.63, 3.8) is 0 Å². The highest BCUT2D eigenvalue weighted by atomic mass is 19.4. The van der Waals surface area contributed by atoms with Crippen molar-refractivity contribution in [3.05, 3.63) is 36.2 Å². The lowest BCUT2D eigenvalue weighted by Crippen LogP contribution is -2.44. The SMILES string of the molecule is C=[N+]1NN(C)C=C1c1ccc2cnc(N=C([O-])C3CCN(CC4(C(F)(F)F)CC4)CC3)nc2c1. The Morgan fingerprint density at radius 3 is 2.68 bits per heavy atom. The number of hydrogen-bond donors (Lipinski definition) is 1. The van der Waals surface area contributed by atoms with Crippen molar-refractivity contribution in [1.29, 1.82) is 0 Å². The maximum atomic E-state index is 13.2. The third-order valence-electron chi connectivity index (χ3n) is 6.88. The zero-order valence-corrected chi connectivity index (χ0v) is 18.8. The summed E-state index contributed by atoms with van der Waals surface area (Å²) in [6, 6.07) is 5.72. The Labute approximate surface area is 195 Å². The summed E-state index contributed by atoms with van der Waals surface area (Å²) in [5.41, 5.74) is 3.89. The van der Waals surface area contributed by atoms with Crippen LogP contribution in [0.15, 0.2) is 35.6 Å². The fourth-order valence-electron chi connectivity index (χ4n) is 4.62. The summed E-state index contributed by atoms with van der Waals surface area (Å²) in [7, 11) is 1.86. The number of alkyl halides is 3.